The standard InChI is InChI=1S/C22H36N4O10/c27-21(20-10-18(26(32)33)7-8-19(20)22(28)29)23-15-2-4-16(5-3-15)24-35-11-14-9-17(25(30)31)6-1-13(14)12-36-34/h13-20,24,34H,1-12H2,(H,23,27)(H,28,29). The van der Waals surface area contributed by atoms with Gasteiger partial charge in [-0.3, -0.25) is 35.1 Å². The summed E-state index contributed by atoms with van der Waals surface area (Å²) in [6.45, 7) is 0.361. The van der Waals surface area contributed by atoms with Crippen molar-refractivity contribution in [1.29, 1.82) is 0 Å². The van der Waals surface area contributed by atoms with Crippen molar-refractivity contribution < 1.29 is 39.5 Å². The normalized spacial score (nSPS) is 35.0. The largest absolute Gasteiger partial charge is 0.481 e. The lowest BCUT2D eigenvalue weighted by atomic mass is 9.76. The fourth-order valence-corrected chi connectivity index (χ4v) is 5.87. The van der Waals surface area contributed by atoms with Gasteiger partial charge in [0.15, 0.2) is 0 Å². The van der Waals surface area contributed by atoms with E-state index in [9.17, 15) is 34.9 Å². The number of carbonyl (C=O) groups is 2. The third-order valence-corrected chi connectivity index (χ3v) is 8.09. The minimum absolute atomic E-state index is 0.0247. The van der Waals surface area contributed by atoms with Crippen LogP contribution in [-0.2, 0) is 19.3 Å². The molecule has 3 rings (SSSR count). The minimum Gasteiger partial charge on any atom is -0.481 e. The summed E-state index contributed by atoms with van der Waals surface area (Å²) < 4.78 is 0. The van der Waals surface area contributed by atoms with Gasteiger partial charge in [0.2, 0.25) is 18.0 Å². The lowest BCUT2D eigenvalue weighted by Gasteiger charge is -2.34. The number of carboxylic acid groups (broad SMARTS) is 1. The number of rotatable bonds is 11. The van der Waals surface area contributed by atoms with Gasteiger partial charge < -0.3 is 15.3 Å². The highest BCUT2D eigenvalue weighted by Crippen LogP contribution is 2.34. The van der Waals surface area contributed by atoms with Crippen molar-refractivity contribution >= 4 is 11.9 Å². The van der Waals surface area contributed by atoms with Gasteiger partial charge in [-0.25, -0.2) is 4.89 Å². The molecule has 3 aliphatic rings. The number of nitrogens with one attached hydrogen (secondary N) is 2. The Kier molecular flexibility index (Phi) is 10.3. The molecule has 204 valence electrons. The Hall–Kier alpha value is -2.42. The zero-order valence-electron chi connectivity index (χ0n) is 20.2. The molecule has 3 saturated carbocycles. The first kappa shape index (κ1) is 28.2. The van der Waals surface area contributed by atoms with E-state index >= 15 is 0 Å². The first-order chi connectivity index (χ1) is 17.2. The molecule has 0 bridgehead atoms. The maximum Gasteiger partial charge on any atom is 0.307 e. The Morgan fingerprint density at radius 2 is 1.42 bits per heavy atom. The second-order valence-corrected chi connectivity index (χ2v) is 10.4. The lowest BCUT2D eigenvalue weighted by Crippen LogP contribution is -2.49. The van der Waals surface area contributed by atoms with Crippen LogP contribution in [0.4, 0.5) is 0 Å². The molecular weight excluding hydrogens is 480 g/mol. The van der Waals surface area contributed by atoms with Crippen molar-refractivity contribution in [1.82, 2.24) is 10.8 Å². The summed E-state index contributed by atoms with van der Waals surface area (Å²) in [5, 5.41) is 43.5. The summed E-state index contributed by atoms with van der Waals surface area (Å²) in [6, 6.07) is -1.65. The molecule has 0 aromatic heterocycles. The van der Waals surface area contributed by atoms with Gasteiger partial charge in [0.05, 0.1) is 25.0 Å². The van der Waals surface area contributed by atoms with Gasteiger partial charge in [0.25, 0.3) is 0 Å². The summed E-state index contributed by atoms with van der Waals surface area (Å²) in [6.07, 6.45) is 4.26. The average molecular weight is 517 g/mol. The van der Waals surface area contributed by atoms with Gasteiger partial charge in [0.1, 0.15) is 0 Å². The van der Waals surface area contributed by atoms with E-state index in [1.165, 1.54) is 0 Å². The van der Waals surface area contributed by atoms with E-state index in [4.69, 9.17) is 10.1 Å². The fraction of sp³-hybridized carbons (Fsp3) is 0.909. The maximum absolute atomic E-state index is 12.8. The van der Waals surface area contributed by atoms with Crippen molar-refractivity contribution in [2.45, 2.75) is 88.4 Å². The summed E-state index contributed by atoms with van der Waals surface area (Å²) in [4.78, 5) is 56.0. The van der Waals surface area contributed by atoms with E-state index in [-0.39, 0.29) is 61.3 Å². The number of nitro groups is 2. The first-order valence-corrected chi connectivity index (χ1v) is 12.6. The van der Waals surface area contributed by atoms with E-state index < -0.39 is 40.7 Å². The molecule has 4 N–H and O–H groups in total. The van der Waals surface area contributed by atoms with Crippen LogP contribution < -0.4 is 10.8 Å². The Labute approximate surface area is 208 Å². The quantitative estimate of drug-likeness (QED) is 0.176. The molecule has 0 saturated heterocycles. The molecule has 1 amide bonds. The molecule has 36 heavy (non-hydrogen) atoms. The number of aliphatic carboxylic acids is 1. The molecule has 3 aliphatic carbocycles. The zero-order valence-corrected chi connectivity index (χ0v) is 20.2. The number of hydrogen-bond donors (Lipinski definition) is 4. The van der Waals surface area contributed by atoms with Crippen LogP contribution in [0.2, 0.25) is 0 Å². The number of hydroxylamine groups is 1. The Morgan fingerprint density at radius 3 is 2.03 bits per heavy atom. The van der Waals surface area contributed by atoms with E-state index in [0.717, 1.165) is 0 Å². The highest BCUT2D eigenvalue weighted by molar-refractivity contribution is 5.85. The Bertz CT molecular complexity index is 791. The maximum atomic E-state index is 12.8. The van der Waals surface area contributed by atoms with Gasteiger partial charge in [-0.05, 0) is 50.4 Å². The molecule has 0 aromatic rings. The summed E-state index contributed by atoms with van der Waals surface area (Å²) >= 11 is 0. The van der Waals surface area contributed by atoms with Crippen molar-refractivity contribution in [2.24, 2.45) is 23.7 Å². The zero-order chi connectivity index (χ0) is 26.2. The fourth-order valence-electron chi connectivity index (χ4n) is 5.87. The highest BCUT2D eigenvalue weighted by atomic mass is 17.1. The van der Waals surface area contributed by atoms with Crippen molar-refractivity contribution in [3.05, 3.63) is 20.2 Å². The molecule has 14 heteroatoms. The van der Waals surface area contributed by atoms with Gasteiger partial charge in [-0.1, -0.05) is 0 Å². The van der Waals surface area contributed by atoms with Crippen LogP contribution in [-0.4, -0.2) is 69.5 Å². The number of carboxylic acids is 1. The number of amides is 1. The van der Waals surface area contributed by atoms with Gasteiger partial charge in [-0.15, -0.1) is 0 Å². The number of carbonyl (C=O) groups excluding carboxylic acids is 1. The van der Waals surface area contributed by atoms with Gasteiger partial charge in [-0.2, -0.15) is 5.48 Å². The SMILES string of the molecule is O=C(O)C1CCC([N+](=O)[O-])CC1C(=O)NC1CCC(NOCC2CC([N+](=O)[O-])CCC2COO)CC1. The predicted molar refractivity (Wildman–Crippen MR) is 123 cm³/mol. The summed E-state index contributed by atoms with van der Waals surface area (Å²) in [5.74, 6) is -3.51. The van der Waals surface area contributed by atoms with Crippen LogP contribution in [0.3, 0.4) is 0 Å². The molecule has 6 atom stereocenters. The van der Waals surface area contributed by atoms with Gasteiger partial charge >= 0.3 is 5.97 Å². The van der Waals surface area contributed by atoms with Crippen LogP contribution in [0.25, 0.3) is 0 Å². The second kappa shape index (κ2) is 13.2. The highest BCUT2D eigenvalue weighted by Gasteiger charge is 2.44. The molecule has 0 heterocycles. The molecule has 0 aromatic carbocycles. The van der Waals surface area contributed by atoms with Crippen LogP contribution in [0, 0.1) is 43.9 Å². The van der Waals surface area contributed by atoms with Crippen molar-refractivity contribution in [3.63, 3.8) is 0 Å². The minimum atomic E-state index is -1.10. The molecular formula is C22H36N4O10. The monoisotopic (exact) mass is 516 g/mol. The molecule has 0 aliphatic heterocycles. The molecule has 0 radical (unpaired) electrons. The number of hydrogen-bond acceptors (Lipinski definition) is 10. The third kappa shape index (κ3) is 7.54. The van der Waals surface area contributed by atoms with E-state index in [2.05, 4.69) is 15.7 Å². The molecule has 14 nitrogen and oxygen atoms in total. The van der Waals surface area contributed by atoms with Crippen LogP contribution in [0.5, 0.6) is 0 Å². The van der Waals surface area contributed by atoms with Crippen LogP contribution in [0.1, 0.15) is 64.2 Å². The summed E-state index contributed by atoms with van der Waals surface area (Å²) in [7, 11) is 0. The smallest absolute Gasteiger partial charge is 0.307 e. The van der Waals surface area contributed by atoms with Crippen molar-refractivity contribution in [3.8, 4) is 0 Å². The van der Waals surface area contributed by atoms with Gasteiger partial charge in [0, 0.05) is 47.6 Å². The van der Waals surface area contributed by atoms with E-state index in [1.54, 1.807) is 0 Å². The molecule has 3 fully saturated rings. The average Bonchev–Trinajstić information content (AvgIpc) is 2.85. The number of nitrogens with zero attached hydrogens (tertiary/aromatic N) is 2. The van der Waals surface area contributed by atoms with Crippen LogP contribution >= 0.6 is 0 Å². The van der Waals surface area contributed by atoms with Crippen molar-refractivity contribution in [2.75, 3.05) is 13.2 Å². The third-order valence-electron chi connectivity index (χ3n) is 8.09. The van der Waals surface area contributed by atoms with E-state index in [1.807, 2.05) is 0 Å². The molecule has 6 unspecified atom stereocenters. The Balaban J connectivity index is 1.42. The van der Waals surface area contributed by atoms with E-state index in [0.29, 0.717) is 44.9 Å². The second-order valence-electron chi connectivity index (χ2n) is 10.4. The Morgan fingerprint density at radius 1 is 0.806 bits per heavy atom. The first-order valence-electron chi connectivity index (χ1n) is 12.6. The van der Waals surface area contributed by atoms with Crippen LogP contribution in [0.15, 0.2) is 0 Å². The molecule has 0 spiro atoms. The lowest BCUT2D eigenvalue weighted by molar-refractivity contribution is -0.529. The topological polar surface area (TPSA) is 203 Å². The predicted octanol–water partition coefficient (Wildman–Crippen LogP) is 1.63. The summed E-state index contributed by atoms with van der Waals surface area (Å²) in [5.41, 5.74) is 3.01.